The molecule has 2 aliphatic heterocycles. The van der Waals surface area contributed by atoms with E-state index >= 15 is 0 Å². The number of hydrogen-bond acceptors (Lipinski definition) is 4. The molecule has 5 nitrogen and oxygen atoms in total. The molecule has 1 N–H and O–H groups in total. The van der Waals surface area contributed by atoms with Crippen LogP contribution in [0, 0.1) is 0 Å². The van der Waals surface area contributed by atoms with Crippen molar-refractivity contribution in [2.24, 2.45) is 0 Å². The Morgan fingerprint density at radius 1 is 1.04 bits per heavy atom. The molecule has 2 heterocycles. The number of hydrogen-bond donors (Lipinski definition) is 1. The van der Waals surface area contributed by atoms with Gasteiger partial charge in [0.2, 0.25) is 5.91 Å². The highest BCUT2D eigenvalue weighted by Crippen LogP contribution is 2.28. The number of amides is 1. The third-order valence-electron chi connectivity index (χ3n) is 5.17. The minimum atomic E-state index is -0.186. The van der Waals surface area contributed by atoms with E-state index in [2.05, 4.69) is 55.3 Å². The maximum absolute atomic E-state index is 13.3. The first kappa shape index (κ1) is 18.4. The van der Waals surface area contributed by atoms with Crippen LogP contribution < -0.4 is 5.32 Å². The molecule has 5 heteroatoms. The largest absolute Gasteiger partial charge is 0.378 e. The molecule has 25 heavy (non-hydrogen) atoms. The second-order valence-electron chi connectivity index (χ2n) is 8.00. The van der Waals surface area contributed by atoms with E-state index in [9.17, 15) is 4.79 Å². The Kier molecular flexibility index (Phi) is 5.77. The summed E-state index contributed by atoms with van der Waals surface area (Å²) in [6, 6.07) is 8.46. The van der Waals surface area contributed by atoms with Crippen LogP contribution in [-0.2, 0) is 14.9 Å². The monoisotopic (exact) mass is 345 g/mol. The third kappa shape index (κ3) is 4.40. The first-order valence-corrected chi connectivity index (χ1v) is 9.38. The molecule has 1 amide bonds. The van der Waals surface area contributed by atoms with E-state index in [-0.39, 0.29) is 17.4 Å². The Bertz CT molecular complexity index is 568. The molecular weight excluding hydrogens is 314 g/mol. The molecule has 0 saturated carbocycles. The lowest BCUT2D eigenvalue weighted by Gasteiger charge is -2.38. The van der Waals surface area contributed by atoms with Gasteiger partial charge in [-0.2, -0.15) is 0 Å². The molecule has 138 valence electrons. The van der Waals surface area contributed by atoms with Gasteiger partial charge in [0.05, 0.1) is 13.2 Å². The molecule has 0 spiro atoms. The molecule has 3 rings (SSSR count). The molecule has 1 unspecified atom stereocenters. The number of nitrogens with one attached hydrogen (secondary N) is 1. The molecule has 2 fully saturated rings. The smallest absolute Gasteiger partial charge is 0.244 e. The van der Waals surface area contributed by atoms with Crippen LogP contribution in [0.3, 0.4) is 0 Å². The lowest BCUT2D eigenvalue weighted by molar-refractivity contribution is -0.141. The van der Waals surface area contributed by atoms with Crippen LogP contribution in [0.2, 0.25) is 0 Å². The van der Waals surface area contributed by atoms with Gasteiger partial charge in [0.15, 0.2) is 0 Å². The van der Waals surface area contributed by atoms with Crippen molar-refractivity contribution in [3.05, 3.63) is 35.4 Å². The van der Waals surface area contributed by atoms with Crippen molar-refractivity contribution in [3.8, 4) is 0 Å². The summed E-state index contributed by atoms with van der Waals surface area (Å²) in [6.45, 7) is 13.0. The number of ether oxygens (including phenoxy) is 1. The van der Waals surface area contributed by atoms with Gasteiger partial charge in [0, 0.05) is 39.3 Å². The van der Waals surface area contributed by atoms with Crippen molar-refractivity contribution >= 4 is 5.91 Å². The molecule has 1 aromatic carbocycles. The van der Waals surface area contributed by atoms with Gasteiger partial charge in [0.1, 0.15) is 6.04 Å². The van der Waals surface area contributed by atoms with Gasteiger partial charge in [-0.25, -0.2) is 0 Å². The van der Waals surface area contributed by atoms with E-state index in [1.807, 2.05) is 4.90 Å². The molecule has 1 atom stereocenters. The fourth-order valence-electron chi connectivity index (χ4n) is 3.57. The highest BCUT2D eigenvalue weighted by atomic mass is 16.5. The van der Waals surface area contributed by atoms with Crippen LogP contribution in [0.4, 0.5) is 0 Å². The lowest BCUT2D eigenvalue weighted by Crippen LogP contribution is -2.52. The maximum atomic E-state index is 13.3. The average Bonchev–Trinajstić information content (AvgIpc) is 2.63. The van der Waals surface area contributed by atoms with Gasteiger partial charge in [0.25, 0.3) is 0 Å². The zero-order valence-corrected chi connectivity index (χ0v) is 15.8. The van der Waals surface area contributed by atoms with E-state index in [0.29, 0.717) is 26.3 Å². The predicted molar refractivity (Wildman–Crippen MR) is 99.7 cm³/mol. The average molecular weight is 345 g/mol. The first-order valence-electron chi connectivity index (χ1n) is 9.38. The number of rotatable bonds is 3. The van der Waals surface area contributed by atoms with Crippen LogP contribution in [0.5, 0.6) is 0 Å². The van der Waals surface area contributed by atoms with Crippen molar-refractivity contribution in [2.45, 2.75) is 32.2 Å². The first-order chi connectivity index (χ1) is 12.0. The Balaban J connectivity index is 1.86. The minimum Gasteiger partial charge on any atom is -0.378 e. The van der Waals surface area contributed by atoms with Crippen LogP contribution in [0.25, 0.3) is 0 Å². The third-order valence-corrected chi connectivity index (χ3v) is 5.17. The predicted octanol–water partition coefficient (Wildman–Crippen LogP) is 1.79. The summed E-state index contributed by atoms with van der Waals surface area (Å²) in [5, 5.41) is 3.38. The summed E-state index contributed by atoms with van der Waals surface area (Å²) < 4.78 is 5.42. The van der Waals surface area contributed by atoms with Gasteiger partial charge >= 0.3 is 0 Å². The van der Waals surface area contributed by atoms with Crippen molar-refractivity contribution in [3.63, 3.8) is 0 Å². The number of benzene rings is 1. The van der Waals surface area contributed by atoms with Crippen molar-refractivity contribution < 1.29 is 9.53 Å². The van der Waals surface area contributed by atoms with E-state index in [4.69, 9.17) is 4.74 Å². The van der Waals surface area contributed by atoms with E-state index in [1.165, 1.54) is 5.56 Å². The molecule has 1 aromatic rings. The van der Waals surface area contributed by atoms with Crippen LogP contribution >= 0.6 is 0 Å². The molecular formula is C20H31N3O2. The van der Waals surface area contributed by atoms with Crippen molar-refractivity contribution in [2.75, 3.05) is 52.5 Å². The minimum absolute atomic E-state index is 0.122. The fraction of sp³-hybridized carbons (Fsp3) is 0.650. The van der Waals surface area contributed by atoms with E-state index in [0.717, 1.165) is 31.7 Å². The van der Waals surface area contributed by atoms with Crippen LogP contribution in [0.1, 0.15) is 37.9 Å². The second-order valence-corrected chi connectivity index (χ2v) is 8.00. The quantitative estimate of drug-likeness (QED) is 0.907. The molecule has 0 radical (unpaired) electrons. The Morgan fingerprint density at radius 2 is 1.64 bits per heavy atom. The fourth-order valence-corrected chi connectivity index (χ4v) is 3.57. The Hall–Kier alpha value is -1.43. The second kappa shape index (κ2) is 7.85. The molecule has 0 aliphatic carbocycles. The standard InChI is InChI=1S/C20H31N3O2/c1-20(2,3)17-6-4-16(5-7-17)18(22-10-8-21-9-11-22)19(24)23-12-14-25-15-13-23/h4-7,18,21H,8-15H2,1-3H3. The van der Waals surface area contributed by atoms with E-state index in [1.54, 1.807) is 0 Å². The molecule has 0 aromatic heterocycles. The lowest BCUT2D eigenvalue weighted by atomic mass is 9.86. The number of piperazine rings is 1. The van der Waals surface area contributed by atoms with Gasteiger partial charge in [-0.05, 0) is 16.5 Å². The summed E-state index contributed by atoms with van der Waals surface area (Å²) >= 11 is 0. The topological polar surface area (TPSA) is 44.8 Å². The summed E-state index contributed by atoms with van der Waals surface area (Å²) in [6.07, 6.45) is 0. The highest BCUT2D eigenvalue weighted by molar-refractivity contribution is 5.83. The number of carbonyl (C=O) groups excluding carboxylic acids is 1. The zero-order chi connectivity index (χ0) is 17.9. The molecule has 0 bridgehead atoms. The Labute approximate surface area is 151 Å². The molecule has 2 aliphatic rings. The van der Waals surface area contributed by atoms with E-state index < -0.39 is 0 Å². The number of nitrogens with zero attached hydrogens (tertiary/aromatic N) is 2. The van der Waals surface area contributed by atoms with Crippen LogP contribution in [0.15, 0.2) is 24.3 Å². The number of morpholine rings is 1. The Morgan fingerprint density at radius 3 is 2.20 bits per heavy atom. The zero-order valence-electron chi connectivity index (χ0n) is 15.8. The summed E-state index contributed by atoms with van der Waals surface area (Å²) in [5.41, 5.74) is 2.53. The SMILES string of the molecule is CC(C)(C)c1ccc(C(C(=O)N2CCOCC2)N2CCNCC2)cc1. The van der Waals surface area contributed by atoms with Gasteiger partial charge in [-0.15, -0.1) is 0 Å². The van der Waals surface area contributed by atoms with Crippen molar-refractivity contribution in [1.82, 2.24) is 15.1 Å². The molecule has 2 saturated heterocycles. The summed E-state index contributed by atoms with van der Waals surface area (Å²) in [4.78, 5) is 17.6. The summed E-state index contributed by atoms with van der Waals surface area (Å²) in [5.74, 6) is 0.216. The van der Waals surface area contributed by atoms with Gasteiger partial charge in [-0.1, -0.05) is 45.0 Å². The van der Waals surface area contributed by atoms with Crippen molar-refractivity contribution in [1.29, 1.82) is 0 Å². The van der Waals surface area contributed by atoms with Crippen LogP contribution in [-0.4, -0.2) is 68.2 Å². The highest BCUT2D eigenvalue weighted by Gasteiger charge is 2.33. The summed E-state index contributed by atoms with van der Waals surface area (Å²) in [7, 11) is 0. The maximum Gasteiger partial charge on any atom is 0.244 e. The number of carbonyl (C=O) groups is 1. The van der Waals surface area contributed by atoms with Gasteiger partial charge in [-0.3, -0.25) is 9.69 Å². The van der Waals surface area contributed by atoms with Gasteiger partial charge < -0.3 is 15.0 Å². The normalized spacial score (nSPS) is 21.2.